The summed E-state index contributed by atoms with van der Waals surface area (Å²) in [5, 5.41) is 0. The van der Waals surface area contributed by atoms with Crippen molar-refractivity contribution in [2.75, 3.05) is 26.4 Å². The maximum Gasteiger partial charge on any atom is 0.472 e. The first-order valence-corrected chi connectivity index (χ1v) is 32.8. The van der Waals surface area contributed by atoms with E-state index in [-0.39, 0.29) is 32.6 Å². The zero-order chi connectivity index (χ0) is 57.3. The van der Waals surface area contributed by atoms with Crippen LogP contribution in [0, 0.1) is 0 Å². The first-order valence-electron chi connectivity index (χ1n) is 31.3. The second-order valence-electron chi connectivity index (χ2n) is 20.2. The highest BCUT2D eigenvalue weighted by molar-refractivity contribution is 7.47. The van der Waals surface area contributed by atoms with E-state index in [1.54, 1.807) is 0 Å². The van der Waals surface area contributed by atoms with Crippen molar-refractivity contribution in [2.45, 2.75) is 251 Å². The fourth-order valence-electron chi connectivity index (χ4n) is 8.17. The third-order valence-electron chi connectivity index (χ3n) is 12.7. The molecule has 79 heavy (non-hydrogen) atoms. The molecule has 448 valence electrons. The van der Waals surface area contributed by atoms with E-state index in [1.807, 2.05) is 0 Å². The number of hydrogen-bond donors (Lipinski definition) is 2. The summed E-state index contributed by atoms with van der Waals surface area (Å²) in [6.45, 7) is 3.50. The van der Waals surface area contributed by atoms with Crippen molar-refractivity contribution in [1.29, 1.82) is 0 Å². The van der Waals surface area contributed by atoms with E-state index in [1.165, 1.54) is 77.0 Å². The third kappa shape index (κ3) is 62.9. The zero-order valence-corrected chi connectivity index (χ0v) is 50.9. The van der Waals surface area contributed by atoms with Gasteiger partial charge in [-0.15, -0.1) is 0 Å². The van der Waals surface area contributed by atoms with Gasteiger partial charge in [0.05, 0.1) is 13.2 Å². The summed E-state index contributed by atoms with van der Waals surface area (Å²) in [6.07, 6.45) is 90.4. The number of nitrogens with two attached hydrogens (primary N) is 1. The fraction of sp³-hybridized carbons (Fsp3) is 0.623. The minimum Gasteiger partial charge on any atom is -0.462 e. The van der Waals surface area contributed by atoms with Gasteiger partial charge in [-0.1, -0.05) is 262 Å². The SMILES string of the molecule is CC/C=C\C/C=C\C/C=C\C/C=C\C/C=C\C/C=C\C/C=C\CCCCCCCCCCCCCC(=O)OC(COC(=O)CCCCCCCCCCC/C=C\C/C=C\C/C=C\C/C=C\C/C=C\CC)COP(=O)(O)OCCN. The molecule has 9 nitrogen and oxygen atoms in total. The Labute approximate surface area is 484 Å². The fourth-order valence-corrected chi connectivity index (χ4v) is 8.94. The zero-order valence-electron chi connectivity index (χ0n) is 50.0. The molecule has 0 bridgehead atoms. The van der Waals surface area contributed by atoms with Gasteiger partial charge in [0.2, 0.25) is 0 Å². The molecule has 0 radical (unpaired) electrons. The lowest BCUT2D eigenvalue weighted by atomic mass is 10.0. The molecule has 0 heterocycles. The van der Waals surface area contributed by atoms with Crippen LogP contribution in [0.4, 0.5) is 0 Å². The average molecular weight is 1120 g/mol. The molecule has 2 atom stereocenters. The molecule has 0 rings (SSSR count). The molecule has 0 aliphatic heterocycles. The summed E-state index contributed by atoms with van der Waals surface area (Å²) in [7, 11) is -4.40. The summed E-state index contributed by atoms with van der Waals surface area (Å²) in [5.41, 5.74) is 5.39. The Balaban J connectivity index is 4.00. The first-order chi connectivity index (χ1) is 38.8. The number of phosphoric ester groups is 1. The summed E-state index contributed by atoms with van der Waals surface area (Å²) >= 11 is 0. The van der Waals surface area contributed by atoms with E-state index in [0.29, 0.717) is 6.42 Å². The standard InChI is InChI=1S/C69H114NO8P/c1-3-5-7-9-11-13-15-17-19-21-23-25-27-29-30-31-32-33-34-35-36-38-40-42-44-46-48-50-52-54-56-58-60-62-69(72)78-67(66-77-79(73,74)76-64-63-70)65-75-68(71)61-59-57-55-53-51-49-47-45-43-41-39-37-28-26-24-22-20-18-16-14-12-10-8-6-4-2/h5-8,11-14,17-20,23-26,29-30,32-33,35-37,39,67H,3-4,9-10,15-16,21-22,27-28,31,34,38,40-66,70H2,1-2H3,(H,73,74)/b7-5-,8-6-,13-11-,14-12-,19-17-,20-18-,25-23-,26-24-,30-29-,33-32-,36-35-,39-37-. The van der Waals surface area contributed by atoms with Gasteiger partial charge in [-0.2, -0.15) is 0 Å². The Kier molecular flexibility index (Phi) is 59.8. The maximum absolute atomic E-state index is 12.7. The molecule has 0 saturated carbocycles. The number of esters is 2. The second-order valence-corrected chi connectivity index (χ2v) is 21.6. The lowest BCUT2D eigenvalue weighted by Crippen LogP contribution is -2.29. The smallest absolute Gasteiger partial charge is 0.462 e. The van der Waals surface area contributed by atoms with Crippen LogP contribution in [0.2, 0.25) is 0 Å². The van der Waals surface area contributed by atoms with E-state index in [0.717, 1.165) is 135 Å². The number of unbranched alkanes of at least 4 members (excludes halogenated alkanes) is 20. The highest BCUT2D eigenvalue weighted by Gasteiger charge is 2.26. The second kappa shape index (κ2) is 63.1. The molecule has 0 aromatic rings. The Morgan fingerprint density at radius 2 is 0.658 bits per heavy atom. The maximum atomic E-state index is 12.7. The highest BCUT2D eigenvalue weighted by atomic mass is 31.2. The van der Waals surface area contributed by atoms with Gasteiger partial charge in [0.25, 0.3) is 0 Å². The molecule has 0 saturated heterocycles. The van der Waals surface area contributed by atoms with Gasteiger partial charge in [0, 0.05) is 19.4 Å². The van der Waals surface area contributed by atoms with Crippen molar-refractivity contribution in [3.63, 3.8) is 0 Å². The molecule has 0 spiro atoms. The van der Waals surface area contributed by atoms with Crippen LogP contribution in [-0.2, 0) is 32.7 Å². The van der Waals surface area contributed by atoms with Gasteiger partial charge < -0.3 is 20.1 Å². The van der Waals surface area contributed by atoms with E-state index in [4.69, 9.17) is 24.3 Å². The minimum absolute atomic E-state index is 0.0449. The van der Waals surface area contributed by atoms with Crippen LogP contribution in [-0.4, -0.2) is 49.3 Å². The third-order valence-corrected chi connectivity index (χ3v) is 13.7. The van der Waals surface area contributed by atoms with Crippen molar-refractivity contribution < 1.29 is 37.6 Å². The van der Waals surface area contributed by atoms with Gasteiger partial charge in [-0.25, -0.2) is 4.57 Å². The van der Waals surface area contributed by atoms with Crippen molar-refractivity contribution >= 4 is 19.8 Å². The van der Waals surface area contributed by atoms with Crippen molar-refractivity contribution in [2.24, 2.45) is 5.73 Å². The van der Waals surface area contributed by atoms with Crippen LogP contribution in [0.25, 0.3) is 0 Å². The van der Waals surface area contributed by atoms with Crippen LogP contribution in [0.1, 0.15) is 245 Å². The topological polar surface area (TPSA) is 134 Å². The number of hydrogen-bond acceptors (Lipinski definition) is 8. The lowest BCUT2D eigenvalue weighted by molar-refractivity contribution is -0.161. The molecule has 10 heteroatoms. The normalized spacial score (nSPS) is 14.0. The minimum atomic E-state index is -4.40. The molecule has 0 amide bonds. The molecule has 3 N–H and O–H groups in total. The first kappa shape index (κ1) is 74.9. The Morgan fingerprint density at radius 1 is 0.380 bits per heavy atom. The molecule has 0 fully saturated rings. The lowest BCUT2D eigenvalue weighted by Gasteiger charge is -2.19. The van der Waals surface area contributed by atoms with E-state index < -0.39 is 32.5 Å². The predicted octanol–water partition coefficient (Wildman–Crippen LogP) is 20.3. The molecule has 0 aromatic heterocycles. The number of phosphoric acid groups is 1. The highest BCUT2D eigenvalue weighted by Crippen LogP contribution is 2.43. The van der Waals surface area contributed by atoms with Crippen LogP contribution in [0.3, 0.4) is 0 Å². The Morgan fingerprint density at radius 3 is 0.975 bits per heavy atom. The van der Waals surface area contributed by atoms with Crippen LogP contribution < -0.4 is 5.73 Å². The Bertz CT molecular complexity index is 1800. The Hall–Kier alpha value is -4.11. The van der Waals surface area contributed by atoms with Gasteiger partial charge in [-0.05, 0) is 116 Å². The molecule has 0 aliphatic carbocycles. The van der Waals surface area contributed by atoms with E-state index in [2.05, 4.69) is 160 Å². The summed E-state index contributed by atoms with van der Waals surface area (Å²) in [5.74, 6) is -0.845. The largest absolute Gasteiger partial charge is 0.472 e. The van der Waals surface area contributed by atoms with Crippen molar-refractivity contribution in [3.05, 3.63) is 146 Å². The van der Waals surface area contributed by atoms with Crippen molar-refractivity contribution in [1.82, 2.24) is 0 Å². The van der Waals surface area contributed by atoms with E-state index >= 15 is 0 Å². The van der Waals surface area contributed by atoms with Gasteiger partial charge in [0.1, 0.15) is 6.61 Å². The van der Waals surface area contributed by atoms with Crippen LogP contribution in [0.5, 0.6) is 0 Å². The summed E-state index contributed by atoms with van der Waals surface area (Å²) < 4.78 is 33.1. The molecular weight excluding hydrogens is 1000 g/mol. The van der Waals surface area contributed by atoms with Gasteiger partial charge in [0.15, 0.2) is 6.10 Å². The molecule has 0 aliphatic rings. The number of carbonyl (C=O) groups excluding carboxylic acids is 2. The van der Waals surface area contributed by atoms with Gasteiger partial charge in [-0.3, -0.25) is 18.6 Å². The molecular formula is C69H114NO8P. The predicted molar refractivity (Wildman–Crippen MR) is 339 cm³/mol. The van der Waals surface area contributed by atoms with E-state index in [9.17, 15) is 19.0 Å². The van der Waals surface area contributed by atoms with Crippen molar-refractivity contribution in [3.8, 4) is 0 Å². The number of ether oxygens (including phenoxy) is 2. The average Bonchev–Trinajstić information content (AvgIpc) is 3.44. The number of rotatable bonds is 57. The van der Waals surface area contributed by atoms with Crippen LogP contribution >= 0.6 is 7.82 Å². The molecule has 0 aromatic carbocycles. The molecule has 2 unspecified atom stereocenters. The summed E-state index contributed by atoms with van der Waals surface area (Å²) in [6, 6.07) is 0. The number of allylic oxidation sites excluding steroid dienone is 24. The quantitative estimate of drug-likeness (QED) is 0.0264. The van der Waals surface area contributed by atoms with Crippen LogP contribution in [0.15, 0.2) is 146 Å². The monoisotopic (exact) mass is 1120 g/mol. The van der Waals surface area contributed by atoms with Gasteiger partial charge >= 0.3 is 19.8 Å². The number of carbonyl (C=O) groups is 2. The summed E-state index contributed by atoms with van der Waals surface area (Å²) in [4.78, 5) is 35.3.